The summed E-state index contributed by atoms with van der Waals surface area (Å²) in [5.41, 5.74) is 2.90. The first-order valence-corrected chi connectivity index (χ1v) is 10.6. The van der Waals surface area contributed by atoms with E-state index in [2.05, 4.69) is 39.2 Å². The van der Waals surface area contributed by atoms with Gasteiger partial charge < -0.3 is 10.2 Å². The number of nitrogens with one attached hydrogen (secondary N) is 2. The molecular formula is C20H25N3O3S. The first-order chi connectivity index (χ1) is 12.9. The number of rotatable bonds is 7. The van der Waals surface area contributed by atoms with Crippen LogP contribution in [-0.4, -0.2) is 34.0 Å². The Hall–Kier alpha value is -2.38. The van der Waals surface area contributed by atoms with Gasteiger partial charge in [-0.3, -0.25) is 4.79 Å². The lowest BCUT2D eigenvalue weighted by Gasteiger charge is -2.17. The van der Waals surface area contributed by atoms with Crippen molar-refractivity contribution < 1.29 is 13.2 Å². The van der Waals surface area contributed by atoms with Crippen molar-refractivity contribution in [1.82, 2.24) is 4.72 Å². The SMILES string of the molecule is CC(=O)Nc1ccc(S(=O)(=O)NCCc2ccc(N3CCCC3)cc2)cc1. The maximum Gasteiger partial charge on any atom is 0.240 e. The van der Waals surface area contributed by atoms with Crippen LogP contribution in [0.15, 0.2) is 53.4 Å². The Balaban J connectivity index is 1.53. The van der Waals surface area contributed by atoms with Crippen molar-refractivity contribution in [3.63, 3.8) is 0 Å². The van der Waals surface area contributed by atoms with E-state index < -0.39 is 10.0 Å². The molecule has 1 amide bonds. The van der Waals surface area contributed by atoms with Crippen LogP contribution in [0.25, 0.3) is 0 Å². The van der Waals surface area contributed by atoms with Gasteiger partial charge >= 0.3 is 0 Å². The zero-order chi connectivity index (χ0) is 19.3. The lowest BCUT2D eigenvalue weighted by Crippen LogP contribution is -2.26. The highest BCUT2D eigenvalue weighted by atomic mass is 32.2. The van der Waals surface area contributed by atoms with Gasteiger partial charge in [0.15, 0.2) is 0 Å². The predicted molar refractivity (Wildman–Crippen MR) is 108 cm³/mol. The summed E-state index contributed by atoms with van der Waals surface area (Å²) in [6.07, 6.45) is 3.12. The molecular weight excluding hydrogens is 362 g/mol. The number of carbonyl (C=O) groups is 1. The van der Waals surface area contributed by atoms with Crippen LogP contribution in [0.1, 0.15) is 25.3 Å². The van der Waals surface area contributed by atoms with Crippen molar-refractivity contribution in [2.45, 2.75) is 31.1 Å². The molecule has 3 rings (SSSR count). The lowest BCUT2D eigenvalue weighted by molar-refractivity contribution is -0.114. The van der Waals surface area contributed by atoms with Crippen molar-refractivity contribution in [3.05, 3.63) is 54.1 Å². The molecule has 1 heterocycles. The van der Waals surface area contributed by atoms with Crippen LogP contribution in [0.5, 0.6) is 0 Å². The molecule has 0 aliphatic carbocycles. The second-order valence-corrected chi connectivity index (χ2v) is 8.48. The number of carbonyl (C=O) groups excluding carboxylic acids is 1. The molecule has 2 aromatic carbocycles. The molecule has 1 aliphatic rings. The van der Waals surface area contributed by atoms with E-state index in [0.717, 1.165) is 18.7 Å². The molecule has 7 heteroatoms. The van der Waals surface area contributed by atoms with Crippen LogP contribution in [0.4, 0.5) is 11.4 Å². The molecule has 0 atom stereocenters. The summed E-state index contributed by atoms with van der Waals surface area (Å²) in [4.78, 5) is 13.6. The average molecular weight is 388 g/mol. The minimum Gasteiger partial charge on any atom is -0.372 e. The summed E-state index contributed by atoms with van der Waals surface area (Å²) >= 11 is 0. The Morgan fingerprint density at radius 3 is 2.22 bits per heavy atom. The van der Waals surface area contributed by atoms with Crippen molar-refractivity contribution in [2.24, 2.45) is 0 Å². The van der Waals surface area contributed by atoms with Gasteiger partial charge in [-0.2, -0.15) is 0 Å². The Kier molecular flexibility index (Phi) is 6.13. The van der Waals surface area contributed by atoms with Gasteiger partial charge in [0, 0.05) is 37.9 Å². The van der Waals surface area contributed by atoms with Crippen LogP contribution >= 0.6 is 0 Å². The first-order valence-electron chi connectivity index (χ1n) is 9.15. The smallest absolute Gasteiger partial charge is 0.240 e. The normalized spacial score (nSPS) is 14.3. The van der Waals surface area contributed by atoms with Gasteiger partial charge in [0.1, 0.15) is 0 Å². The van der Waals surface area contributed by atoms with Gasteiger partial charge in [-0.25, -0.2) is 13.1 Å². The van der Waals surface area contributed by atoms with Gasteiger partial charge in [0.05, 0.1) is 4.90 Å². The molecule has 0 aromatic heterocycles. The average Bonchev–Trinajstić information content (AvgIpc) is 3.17. The van der Waals surface area contributed by atoms with Crippen LogP contribution in [-0.2, 0) is 21.2 Å². The number of nitrogens with zero attached hydrogens (tertiary/aromatic N) is 1. The largest absolute Gasteiger partial charge is 0.372 e. The third kappa shape index (κ3) is 5.30. The molecule has 0 unspecified atom stereocenters. The molecule has 2 aromatic rings. The highest BCUT2D eigenvalue weighted by Gasteiger charge is 2.14. The highest BCUT2D eigenvalue weighted by Crippen LogP contribution is 2.20. The molecule has 0 radical (unpaired) electrons. The zero-order valence-corrected chi connectivity index (χ0v) is 16.3. The molecule has 1 aliphatic heterocycles. The Morgan fingerprint density at radius 2 is 1.63 bits per heavy atom. The number of hydrogen-bond donors (Lipinski definition) is 2. The standard InChI is InChI=1S/C20H25N3O3S/c1-16(24)22-18-6-10-20(11-7-18)27(25,26)21-13-12-17-4-8-19(9-5-17)23-14-2-3-15-23/h4-11,21H,2-3,12-15H2,1H3,(H,22,24). The van der Waals surface area contributed by atoms with E-state index in [1.54, 1.807) is 12.1 Å². The van der Waals surface area contributed by atoms with E-state index >= 15 is 0 Å². The Morgan fingerprint density at radius 1 is 1.00 bits per heavy atom. The molecule has 0 spiro atoms. The fraction of sp³-hybridized carbons (Fsp3) is 0.350. The third-order valence-corrected chi connectivity index (χ3v) is 6.08. The second kappa shape index (κ2) is 8.54. The van der Waals surface area contributed by atoms with Crippen LogP contribution in [0.2, 0.25) is 0 Å². The minimum atomic E-state index is -3.57. The van der Waals surface area contributed by atoms with Gasteiger partial charge in [-0.1, -0.05) is 12.1 Å². The number of sulfonamides is 1. The summed E-state index contributed by atoms with van der Waals surface area (Å²) in [5, 5.41) is 2.62. The number of anilines is 2. The topological polar surface area (TPSA) is 78.5 Å². The molecule has 2 N–H and O–H groups in total. The van der Waals surface area contributed by atoms with Crippen LogP contribution in [0.3, 0.4) is 0 Å². The van der Waals surface area contributed by atoms with E-state index in [4.69, 9.17) is 0 Å². The summed E-state index contributed by atoms with van der Waals surface area (Å²) in [5.74, 6) is -0.195. The molecule has 0 saturated carbocycles. The monoisotopic (exact) mass is 387 g/mol. The van der Waals surface area contributed by atoms with Crippen molar-refractivity contribution in [2.75, 3.05) is 29.9 Å². The van der Waals surface area contributed by atoms with Crippen LogP contribution < -0.4 is 14.9 Å². The van der Waals surface area contributed by atoms with Gasteiger partial charge in [-0.15, -0.1) is 0 Å². The van der Waals surface area contributed by atoms with Crippen molar-refractivity contribution >= 4 is 27.3 Å². The first kappa shape index (κ1) is 19.4. The molecule has 1 saturated heterocycles. The quantitative estimate of drug-likeness (QED) is 0.766. The summed E-state index contributed by atoms with van der Waals surface area (Å²) < 4.78 is 27.4. The van der Waals surface area contributed by atoms with E-state index in [9.17, 15) is 13.2 Å². The number of benzene rings is 2. The number of hydrogen-bond acceptors (Lipinski definition) is 4. The fourth-order valence-corrected chi connectivity index (χ4v) is 4.21. The molecule has 6 nitrogen and oxygen atoms in total. The minimum absolute atomic E-state index is 0.181. The highest BCUT2D eigenvalue weighted by molar-refractivity contribution is 7.89. The van der Waals surface area contributed by atoms with Crippen molar-refractivity contribution in [3.8, 4) is 0 Å². The molecule has 1 fully saturated rings. The lowest BCUT2D eigenvalue weighted by atomic mass is 10.1. The Labute approximate surface area is 160 Å². The number of amides is 1. The Bertz CT molecular complexity index is 872. The van der Waals surface area contributed by atoms with Crippen LogP contribution in [0, 0.1) is 0 Å². The molecule has 0 bridgehead atoms. The maximum absolute atomic E-state index is 12.4. The fourth-order valence-electron chi connectivity index (χ4n) is 3.18. The van der Waals surface area contributed by atoms with E-state index in [0.29, 0.717) is 18.7 Å². The van der Waals surface area contributed by atoms with Gasteiger partial charge in [0.2, 0.25) is 15.9 Å². The molecule has 144 valence electrons. The summed E-state index contributed by atoms with van der Waals surface area (Å²) in [6, 6.07) is 14.5. The van der Waals surface area contributed by atoms with Crippen molar-refractivity contribution in [1.29, 1.82) is 0 Å². The zero-order valence-electron chi connectivity index (χ0n) is 15.4. The summed E-state index contributed by atoms with van der Waals surface area (Å²) in [6.45, 7) is 3.96. The molecule has 27 heavy (non-hydrogen) atoms. The maximum atomic E-state index is 12.4. The predicted octanol–water partition coefficient (Wildman–Crippen LogP) is 2.77. The van der Waals surface area contributed by atoms with E-state index in [-0.39, 0.29) is 10.8 Å². The van der Waals surface area contributed by atoms with E-state index in [1.165, 1.54) is 37.6 Å². The van der Waals surface area contributed by atoms with Gasteiger partial charge in [0.25, 0.3) is 0 Å². The third-order valence-electron chi connectivity index (χ3n) is 4.60. The van der Waals surface area contributed by atoms with E-state index in [1.807, 2.05) is 0 Å². The second-order valence-electron chi connectivity index (χ2n) is 6.71. The van der Waals surface area contributed by atoms with Gasteiger partial charge in [-0.05, 0) is 61.2 Å². The summed E-state index contributed by atoms with van der Waals surface area (Å²) in [7, 11) is -3.57.